The average molecular weight is 192 g/mol. The molecule has 1 aliphatic heterocycles. The average Bonchev–Trinajstić information content (AvgIpc) is 2.39. The highest BCUT2D eigenvalue weighted by Crippen LogP contribution is 2.22. The summed E-state index contributed by atoms with van der Waals surface area (Å²) in [5.41, 5.74) is 0. The molecule has 1 saturated heterocycles. The van der Waals surface area contributed by atoms with Gasteiger partial charge in [-0.15, -0.1) is 0 Å². The first-order chi connectivity index (χ1) is 5.29. The lowest BCUT2D eigenvalue weighted by molar-refractivity contribution is 0.542. The summed E-state index contributed by atoms with van der Waals surface area (Å²) in [6, 6.07) is 0. The minimum atomic E-state index is 0.704. The third-order valence-electron chi connectivity index (χ3n) is 1.77. The van der Waals surface area contributed by atoms with Gasteiger partial charge in [0.05, 0.1) is 0 Å². The van der Waals surface area contributed by atoms with Gasteiger partial charge in [-0.25, -0.2) is 0 Å². The van der Waals surface area contributed by atoms with Crippen molar-refractivity contribution in [2.75, 3.05) is 24.6 Å². The zero-order valence-corrected chi connectivity index (χ0v) is 8.18. The van der Waals surface area contributed by atoms with Crippen molar-refractivity contribution < 1.29 is 0 Å². The van der Waals surface area contributed by atoms with Crippen molar-refractivity contribution in [1.29, 1.82) is 0 Å². The fourth-order valence-electron chi connectivity index (χ4n) is 1.16. The van der Waals surface area contributed by atoms with E-state index in [0.29, 0.717) is 5.03 Å². The Balaban J connectivity index is 1.98. The minimum absolute atomic E-state index is 0.704. The van der Waals surface area contributed by atoms with Crippen molar-refractivity contribution in [3.8, 4) is 0 Å². The minimum Gasteiger partial charge on any atom is -0.311 e. The van der Waals surface area contributed by atoms with Crippen LogP contribution in [0.5, 0.6) is 0 Å². The zero-order valence-electron chi connectivity index (χ0n) is 6.61. The van der Waals surface area contributed by atoms with Crippen molar-refractivity contribution in [2.45, 2.75) is 6.42 Å². The summed E-state index contributed by atoms with van der Waals surface area (Å²) in [7, 11) is 0. The molecule has 64 valence electrons. The summed E-state index contributed by atoms with van der Waals surface area (Å²) in [6.45, 7) is 5.47. The van der Waals surface area contributed by atoms with Crippen LogP contribution < -0.4 is 5.32 Å². The quantitative estimate of drug-likeness (QED) is 0.731. The van der Waals surface area contributed by atoms with E-state index in [9.17, 15) is 0 Å². The molecule has 1 heterocycles. The molecule has 3 heteroatoms. The molecule has 0 aromatic carbocycles. The van der Waals surface area contributed by atoms with E-state index in [1.165, 1.54) is 17.9 Å². The number of hydrogen-bond acceptors (Lipinski definition) is 2. The van der Waals surface area contributed by atoms with E-state index in [1.54, 1.807) is 0 Å². The second-order valence-electron chi connectivity index (χ2n) is 2.88. The number of halogens is 1. The topological polar surface area (TPSA) is 12.0 Å². The van der Waals surface area contributed by atoms with Crippen LogP contribution in [-0.4, -0.2) is 24.6 Å². The molecule has 1 atom stereocenters. The van der Waals surface area contributed by atoms with Crippen molar-refractivity contribution >= 4 is 23.4 Å². The van der Waals surface area contributed by atoms with Crippen molar-refractivity contribution in [3.05, 3.63) is 11.6 Å². The first-order valence-electron chi connectivity index (χ1n) is 3.91. The maximum atomic E-state index is 5.60. The fourth-order valence-corrected chi connectivity index (χ4v) is 2.54. The van der Waals surface area contributed by atoms with E-state index in [1.807, 2.05) is 11.8 Å². The maximum absolute atomic E-state index is 5.60. The SMILES string of the molecule is C=C(Cl)CNCC1CCSC1. The van der Waals surface area contributed by atoms with Crippen molar-refractivity contribution in [2.24, 2.45) is 5.92 Å². The number of rotatable bonds is 4. The highest BCUT2D eigenvalue weighted by atomic mass is 35.5. The van der Waals surface area contributed by atoms with E-state index in [0.717, 1.165) is 19.0 Å². The molecular formula is C8H14ClNS. The largest absolute Gasteiger partial charge is 0.311 e. The van der Waals surface area contributed by atoms with Crippen molar-refractivity contribution in [1.82, 2.24) is 5.32 Å². The van der Waals surface area contributed by atoms with Crippen LogP contribution in [0.2, 0.25) is 0 Å². The van der Waals surface area contributed by atoms with Gasteiger partial charge in [0.15, 0.2) is 0 Å². The molecule has 1 aliphatic rings. The molecule has 11 heavy (non-hydrogen) atoms. The van der Waals surface area contributed by atoms with Crippen LogP contribution in [0, 0.1) is 5.92 Å². The molecule has 0 aromatic rings. The molecule has 0 aliphatic carbocycles. The third-order valence-corrected chi connectivity index (χ3v) is 3.14. The predicted molar refractivity (Wildman–Crippen MR) is 53.3 cm³/mol. The van der Waals surface area contributed by atoms with Gasteiger partial charge in [-0.2, -0.15) is 11.8 Å². The molecule has 0 saturated carbocycles. The zero-order chi connectivity index (χ0) is 8.10. The third kappa shape index (κ3) is 4.04. The van der Waals surface area contributed by atoms with Gasteiger partial charge in [-0.1, -0.05) is 18.2 Å². The lowest BCUT2D eigenvalue weighted by atomic mass is 10.1. The standard InChI is InChI=1S/C8H14ClNS/c1-7(9)4-10-5-8-2-3-11-6-8/h8,10H,1-6H2. The van der Waals surface area contributed by atoms with E-state index >= 15 is 0 Å². The fraction of sp³-hybridized carbons (Fsp3) is 0.750. The maximum Gasteiger partial charge on any atom is 0.0307 e. The van der Waals surface area contributed by atoms with Gasteiger partial charge in [0.25, 0.3) is 0 Å². The van der Waals surface area contributed by atoms with Crippen LogP contribution in [0.3, 0.4) is 0 Å². The Kier molecular flexibility index (Phi) is 4.34. The summed E-state index contributed by atoms with van der Waals surface area (Å²) in [4.78, 5) is 0. The Morgan fingerprint density at radius 3 is 3.09 bits per heavy atom. The Hall–Kier alpha value is 0.340. The van der Waals surface area contributed by atoms with Gasteiger partial charge in [-0.3, -0.25) is 0 Å². The van der Waals surface area contributed by atoms with Crippen molar-refractivity contribution in [3.63, 3.8) is 0 Å². The van der Waals surface area contributed by atoms with Crippen LogP contribution in [-0.2, 0) is 0 Å². The van der Waals surface area contributed by atoms with Gasteiger partial charge in [0, 0.05) is 11.6 Å². The second kappa shape index (κ2) is 5.07. The molecule has 0 aromatic heterocycles. The lowest BCUT2D eigenvalue weighted by Crippen LogP contribution is -2.23. The van der Waals surface area contributed by atoms with Gasteiger partial charge in [-0.05, 0) is 30.4 Å². The Morgan fingerprint density at radius 2 is 2.55 bits per heavy atom. The summed E-state index contributed by atoms with van der Waals surface area (Å²) < 4.78 is 0. The number of hydrogen-bond donors (Lipinski definition) is 1. The van der Waals surface area contributed by atoms with Gasteiger partial charge < -0.3 is 5.32 Å². The molecule has 1 fully saturated rings. The van der Waals surface area contributed by atoms with Crippen LogP contribution in [0.15, 0.2) is 11.6 Å². The molecule has 0 bridgehead atoms. The molecule has 1 unspecified atom stereocenters. The first-order valence-corrected chi connectivity index (χ1v) is 5.44. The molecular weight excluding hydrogens is 178 g/mol. The van der Waals surface area contributed by atoms with Gasteiger partial charge in [0.1, 0.15) is 0 Å². The van der Waals surface area contributed by atoms with Gasteiger partial charge >= 0.3 is 0 Å². The van der Waals surface area contributed by atoms with Crippen LogP contribution in [0.4, 0.5) is 0 Å². The Morgan fingerprint density at radius 1 is 1.73 bits per heavy atom. The second-order valence-corrected chi connectivity index (χ2v) is 4.56. The number of nitrogens with one attached hydrogen (secondary N) is 1. The van der Waals surface area contributed by atoms with E-state index < -0.39 is 0 Å². The molecule has 0 radical (unpaired) electrons. The highest BCUT2D eigenvalue weighted by Gasteiger charge is 2.14. The first kappa shape index (κ1) is 9.43. The molecule has 0 amide bonds. The number of thioether (sulfide) groups is 1. The summed E-state index contributed by atoms with van der Waals surface area (Å²) in [5, 5.41) is 3.99. The Labute approximate surface area is 77.6 Å². The molecule has 1 nitrogen and oxygen atoms in total. The monoisotopic (exact) mass is 191 g/mol. The van der Waals surface area contributed by atoms with Gasteiger partial charge in [0.2, 0.25) is 0 Å². The molecule has 0 spiro atoms. The summed E-state index contributed by atoms with van der Waals surface area (Å²) in [6.07, 6.45) is 1.35. The van der Waals surface area contributed by atoms with E-state index in [4.69, 9.17) is 11.6 Å². The van der Waals surface area contributed by atoms with Crippen LogP contribution >= 0.6 is 23.4 Å². The predicted octanol–water partition coefficient (Wildman–Crippen LogP) is 2.08. The Bertz CT molecular complexity index is 132. The van der Waals surface area contributed by atoms with Crippen LogP contribution in [0.25, 0.3) is 0 Å². The summed E-state index contributed by atoms with van der Waals surface area (Å²) in [5.74, 6) is 3.49. The van der Waals surface area contributed by atoms with Crippen LogP contribution in [0.1, 0.15) is 6.42 Å². The summed E-state index contributed by atoms with van der Waals surface area (Å²) >= 11 is 7.65. The van der Waals surface area contributed by atoms with E-state index in [2.05, 4.69) is 11.9 Å². The normalized spacial score (nSPS) is 23.9. The smallest absolute Gasteiger partial charge is 0.0307 e. The lowest BCUT2D eigenvalue weighted by Gasteiger charge is -2.08. The highest BCUT2D eigenvalue weighted by molar-refractivity contribution is 7.99. The van der Waals surface area contributed by atoms with E-state index in [-0.39, 0.29) is 0 Å². The molecule has 1 rings (SSSR count). The molecule has 1 N–H and O–H groups in total.